The molecule has 0 aromatic heterocycles. The number of carbonyl (C=O) groups is 1. The molecule has 1 aliphatic heterocycles. The number of rotatable bonds is 4. The van der Waals surface area contributed by atoms with Crippen molar-refractivity contribution in [1.82, 2.24) is 4.90 Å². The molecule has 6 nitrogen and oxygen atoms in total. The lowest BCUT2D eigenvalue weighted by Gasteiger charge is -2.36. The molecule has 1 aliphatic rings. The van der Waals surface area contributed by atoms with Crippen molar-refractivity contribution in [3.8, 4) is 0 Å². The zero-order valence-electron chi connectivity index (χ0n) is 11.7. The third-order valence-electron chi connectivity index (χ3n) is 3.97. The lowest BCUT2D eigenvalue weighted by Crippen LogP contribution is -2.42. The first-order valence-corrected chi connectivity index (χ1v) is 7.16. The molecule has 1 aromatic rings. The van der Waals surface area contributed by atoms with Crippen LogP contribution in [0.2, 0.25) is 5.02 Å². The summed E-state index contributed by atoms with van der Waals surface area (Å²) in [6.45, 7) is 2.97. The lowest BCUT2D eigenvalue weighted by atomic mass is 9.91. The van der Waals surface area contributed by atoms with Gasteiger partial charge in [0, 0.05) is 29.2 Å². The highest BCUT2D eigenvalue weighted by Gasteiger charge is 2.30. The molecule has 1 N–H and O–H groups in total. The van der Waals surface area contributed by atoms with Crippen LogP contribution in [0.4, 0.5) is 5.69 Å². The molecule has 1 fully saturated rings. The van der Waals surface area contributed by atoms with Crippen LogP contribution in [0.5, 0.6) is 0 Å². The van der Waals surface area contributed by atoms with E-state index in [0.29, 0.717) is 36.5 Å². The van der Waals surface area contributed by atoms with Gasteiger partial charge in [0.15, 0.2) is 0 Å². The molecule has 0 radical (unpaired) electrons. The first kappa shape index (κ1) is 15.7. The van der Waals surface area contributed by atoms with Gasteiger partial charge in [-0.05, 0) is 38.4 Å². The van der Waals surface area contributed by atoms with Crippen LogP contribution in [0.15, 0.2) is 18.2 Å². The van der Waals surface area contributed by atoms with Crippen LogP contribution < -0.4 is 0 Å². The molecule has 1 heterocycles. The van der Waals surface area contributed by atoms with Gasteiger partial charge >= 0.3 is 5.97 Å². The zero-order valence-corrected chi connectivity index (χ0v) is 12.4. The maximum Gasteiger partial charge on any atom is 0.306 e. The van der Waals surface area contributed by atoms with E-state index >= 15 is 0 Å². The molecule has 21 heavy (non-hydrogen) atoms. The van der Waals surface area contributed by atoms with Crippen molar-refractivity contribution in [1.29, 1.82) is 0 Å². The van der Waals surface area contributed by atoms with Crippen LogP contribution in [-0.2, 0) is 11.3 Å². The van der Waals surface area contributed by atoms with Gasteiger partial charge in [0.25, 0.3) is 5.69 Å². The fourth-order valence-corrected chi connectivity index (χ4v) is 2.95. The summed E-state index contributed by atoms with van der Waals surface area (Å²) < 4.78 is 0. The third kappa shape index (κ3) is 3.71. The largest absolute Gasteiger partial charge is 0.481 e. The predicted octanol–water partition coefficient (Wildman–Crippen LogP) is 2.93. The number of nitro groups is 1. The van der Waals surface area contributed by atoms with Crippen molar-refractivity contribution in [3.05, 3.63) is 38.9 Å². The van der Waals surface area contributed by atoms with Gasteiger partial charge in [-0.2, -0.15) is 0 Å². The number of carboxylic acid groups (broad SMARTS) is 1. The van der Waals surface area contributed by atoms with Gasteiger partial charge in [0.2, 0.25) is 0 Å². The van der Waals surface area contributed by atoms with Crippen molar-refractivity contribution < 1.29 is 14.8 Å². The summed E-state index contributed by atoms with van der Waals surface area (Å²) in [6.07, 6.45) is 1.12. The van der Waals surface area contributed by atoms with Crippen molar-refractivity contribution >= 4 is 23.3 Å². The Hall–Kier alpha value is -1.66. The van der Waals surface area contributed by atoms with Gasteiger partial charge in [0.05, 0.1) is 10.8 Å². The Labute approximate surface area is 127 Å². The Morgan fingerprint density at radius 3 is 2.86 bits per heavy atom. The monoisotopic (exact) mass is 312 g/mol. The summed E-state index contributed by atoms with van der Waals surface area (Å²) in [5.74, 6) is -1.10. The predicted molar refractivity (Wildman–Crippen MR) is 78.3 cm³/mol. The summed E-state index contributed by atoms with van der Waals surface area (Å²) in [6, 6.07) is 4.59. The van der Waals surface area contributed by atoms with Crippen LogP contribution >= 0.6 is 11.6 Å². The van der Waals surface area contributed by atoms with Crippen molar-refractivity contribution in [2.75, 3.05) is 6.54 Å². The average Bonchev–Trinajstić information content (AvgIpc) is 2.40. The van der Waals surface area contributed by atoms with E-state index in [2.05, 4.69) is 4.90 Å². The van der Waals surface area contributed by atoms with E-state index in [4.69, 9.17) is 16.7 Å². The molecule has 7 heteroatoms. The van der Waals surface area contributed by atoms with Crippen molar-refractivity contribution in [3.63, 3.8) is 0 Å². The Bertz CT molecular complexity index is 564. The molecule has 0 aliphatic carbocycles. The van der Waals surface area contributed by atoms with Gasteiger partial charge in [-0.1, -0.05) is 11.6 Å². The minimum Gasteiger partial charge on any atom is -0.481 e. The molecule has 2 atom stereocenters. The van der Waals surface area contributed by atoms with Gasteiger partial charge in [-0.3, -0.25) is 19.8 Å². The van der Waals surface area contributed by atoms with E-state index in [-0.39, 0.29) is 17.6 Å². The van der Waals surface area contributed by atoms with Crippen molar-refractivity contribution in [2.45, 2.75) is 32.4 Å². The number of halogens is 1. The van der Waals surface area contributed by atoms with Crippen LogP contribution in [0.3, 0.4) is 0 Å². The molecule has 0 saturated carbocycles. The molecule has 0 spiro atoms. The first-order valence-electron chi connectivity index (χ1n) is 6.78. The fourth-order valence-electron chi connectivity index (χ4n) is 2.76. The third-order valence-corrected chi connectivity index (χ3v) is 4.21. The Kier molecular flexibility index (Phi) is 4.80. The SMILES string of the molecule is CC1CC(C(=O)O)CCN1Cc1cc(Cl)ccc1[N+](=O)[O-]. The number of benzene rings is 1. The maximum absolute atomic E-state index is 11.1. The lowest BCUT2D eigenvalue weighted by molar-refractivity contribution is -0.385. The Balaban J connectivity index is 2.14. The second-order valence-corrected chi connectivity index (χ2v) is 5.85. The standard InChI is InChI=1S/C14H17ClN2O4/c1-9-6-10(14(18)19)4-5-16(9)8-11-7-12(15)2-3-13(11)17(20)21/h2-3,7,9-10H,4-6,8H2,1H3,(H,18,19). The highest BCUT2D eigenvalue weighted by Crippen LogP contribution is 2.28. The molecule has 1 saturated heterocycles. The minimum atomic E-state index is -0.768. The number of aliphatic carboxylic acids is 1. The molecule has 1 aromatic carbocycles. The maximum atomic E-state index is 11.1. The van der Waals surface area contributed by atoms with E-state index in [1.807, 2.05) is 6.92 Å². The summed E-state index contributed by atoms with van der Waals surface area (Å²) in [5.41, 5.74) is 0.611. The van der Waals surface area contributed by atoms with E-state index in [9.17, 15) is 14.9 Å². The Morgan fingerprint density at radius 2 is 2.29 bits per heavy atom. The molecule has 0 amide bonds. The molecular formula is C14H17ClN2O4. The van der Waals surface area contributed by atoms with Crippen LogP contribution in [0.1, 0.15) is 25.3 Å². The van der Waals surface area contributed by atoms with Crippen LogP contribution in [0.25, 0.3) is 0 Å². The second-order valence-electron chi connectivity index (χ2n) is 5.41. The Morgan fingerprint density at radius 1 is 1.57 bits per heavy atom. The number of likely N-dealkylation sites (tertiary alicyclic amines) is 1. The molecular weight excluding hydrogens is 296 g/mol. The smallest absolute Gasteiger partial charge is 0.306 e. The summed E-state index contributed by atoms with van der Waals surface area (Å²) in [4.78, 5) is 23.7. The minimum absolute atomic E-state index is 0.0481. The van der Waals surface area contributed by atoms with E-state index in [0.717, 1.165) is 0 Å². The topological polar surface area (TPSA) is 83.7 Å². The van der Waals surface area contributed by atoms with Crippen LogP contribution in [-0.4, -0.2) is 33.5 Å². The summed E-state index contributed by atoms with van der Waals surface area (Å²) >= 11 is 5.92. The van der Waals surface area contributed by atoms with Gasteiger partial charge in [0.1, 0.15) is 0 Å². The number of nitro benzene ring substituents is 1. The van der Waals surface area contributed by atoms with Gasteiger partial charge in [-0.25, -0.2) is 0 Å². The molecule has 0 bridgehead atoms. The molecule has 2 rings (SSSR count). The average molecular weight is 313 g/mol. The first-order chi connectivity index (χ1) is 9.88. The van der Waals surface area contributed by atoms with E-state index in [1.165, 1.54) is 12.1 Å². The van der Waals surface area contributed by atoms with Gasteiger partial charge < -0.3 is 5.11 Å². The number of hydrogen-bond acceptors (Lipinski definition) is 4. The highest BCUT2D eigenvalue weighted by atomic mass is 35.5. The van der Waals surface area contributed by atoms with Crippen molar-refractivity contribution in [2.24, 2.45) is 5.92 Å². The summed E-state index contributed by atoms with van der Waals surface area (Å²) in [7, 11) is 0. The molecule has 2 unspecified atom stereocenters. The number of carboxylic acids is 1. The van der Waals surface area contributed by atoms with Crippen LogP contribution in [0, 0.1) is 16.0 Å². The number of piperidine rings is 1. The number of hydrogen-bond donors (Lipinski definition) is 1. The number of nitrogens with zero attached hydrogens (tertiary/aromatic N) is 2. The normalized spacial score (nSPS) is 23.0. The fraction of sp³-hybridized carbons (Fsp3) is 0.500. The molecule has 114 valence electrons. The van der Waals surface area contributed by atoms with E-state index in [1.54, 1.807) is 6.07 Å². The summed E-state index contributed by atoms with van der Waals surface area (Å²) in [5, 5.41) is 20.6. The quantitative estimate of drug-likeness (QED) is 0.682. The van der Waals surface area contributed by atoms with E-state index < -0.39 is 10.9 Å². The second kappa shape index (κ2) is 6.41. The zero-order chi connectivity index (χ0) is 15.6. The highest BCUT2D eigenvalue weighted by molar-refractivity contribution is 6.30. The van der Waals surface area contributed by atoms with Gasteiger partial charge in [-0.15, -0.1) is 0 Å².